The summed E-state index contributed by atoms with van der Waals surface area (Å²) in [6.45, 7) is 4.69. The van der Waals surface area contributed by atoms with Gasteiger partial charge in [-0.2, -0.15) is 0 Å². The lowest BCUT2D eigenvalue weighted by molar-refractivity contribution is -0.149. The van der Waals surface area contributed by atoms with E-state index < -0.39 is 10.0 Å². The smallest absolute Gasteiger partial charge is 0.309 e. The number of aryl methyl sites for hydroxylation is 1. The van der Waals surface area contributed by atoms with E-state index in [1.165, 1.54) is 12.1 Å². The summed E-state index contributed by atoms with van der Waals surface area (Å²) in [7, 11) is -3.77. The third kappa shape index (κ3) is 4.94. The molecule has 0 saturated carbocycles. The zero-order valence-corrected chi connectivity index (χ0v) is 17.9. The maximum Gasteiger partial charge on any atom is 0.309 e. The molecule has 0 atom stereocenters. The Labute approximate surface area is 173 Å². The van der Waals surface area contributed by atoms with Gasteiger partial charge >= 0.3 is 5.97 Å². The second kappa shape index (κ2) is 8.91. The molecule has 0 unspecified atom stereocenters. The lowest BCUT2D eigenvalue weighted by Gasteiger charge is -2.30. The first-order chi connectivity index (χ1) is 13.8. The lowest BCUT2D eigenvalue weighted by Crippen LogP contribution is -2.40. The van der Waals surface area contributed by atoms with Crippen molar-refractivity contribution in [2.75, 3.05) is 24.4 Å². The molecule has 0 spiro atoms. The van der Waals surface area contributed by atoms with Gasteiger partial charge in [0.05, 0.1) is 23.1 Å². The summed E-state index contributed by atoms with van der Waals surface area (Å²) in [6, 6.07) is 7.98. The van der Waals surface area contributed by atoms with Gasteiger partial charge in [-0.15, -0.1) is 0 Å². The summed E-state index contributed by atoms with van der Waals surface area (Å²) >= 11 is 1.01. The number of rotatable bonds is 6. The Balaban J connectivity index is 1.67. The van der Waals surface area contributed by atoms with Crippen LogP contribution in [0.25, 0.3) is 0 Å². The predicted octanol–water partition coefficient (Wildman–Crippen LogP) is 2.67. The summed E-state index contributed by atoms with van der Waals surface area (Å²) in [5.41, 5.74) is 0.471. The van der Waals surface area contributed by atoms with Gasteiger partial charge in [0, 0.05) is 13.1 Å². The average Bonchev–Trinajstić information content (AvgIpc) is 3.07. The highest BCUT2D eigenvalue weighted by Gasteiger charge is 2.30. The maximum atomic E-state index is 12.9. The number of aromatic nitrogens is 1. The van der Waals surface area contributed by atoms with Gasteiger partial charge < -0.3 is 9.64 Å². The van der Waals surface area contributed by atoms with Crippen LogP contribution in [0.15, 0.2) is 35.2 Å². The molecule has 0 radical (unpaired) electrons. The van der Waals surface area contributed by atoms with Crippen molar-refractivity contribution in [2.45, 2.75) is 31.6 Å². The molecular weight excluding hydrogens is 414 g/mol. The van der Waals surface area contributed by atoms with E-state index in [0.717, 1.165) is 11.3 Å². The molecule has 8 nitrogen and oxygen atoms in total. The number of hydrogen-bond donors (Lipinski definition) is 1. The Morgan fingerprint density at radius 1 is 1.24 bits per heavy atom. The molecule has 1 saturated heterocycles. The molecule has 156 valence electrons. The van der Waals surface area contributed by atoms with Crippen LogP contribution < -0.4 is 4.72 Å². The first-order valence-corrected chi connectivity index (χ1v) is 11.6. The lowest BCUT2D eigenvalue weighted by atomic mass is 9.97. The molecule has 1 aliphatic rings. The number of thiazole rings is 1. The number of esters is 1. The number of nitrogens with zero attached hydrogens (tertiary/aromatic N) is 2. The van der Waals surface area contributed by atoms with Crippen molar-refractivity contribution in [2.24, 2.45) is 5.92 Å². The predicted molar refractivity (Wildman–Crippen MR) is 109 cm³/mol. The minimum Gasteiger partial charge on any atom is -0.466 e. The van der Waals surface area contributed by atoms with Crippen molar-refractivity contribution >= 4 is 38.4 Å². The van der Waals surface area contributed by atoms with Crippen LogP contribution in [0.3, 0.4) is 0 Å². The monoisotopic (exact) mass is 437 g/mol. The fraction of sp³-hybridized carbons (Fsp3) is 0.421. The molecule has 0 bridgehead atoms. The molecule has 2 heterocycles. The molecule has 1 amide bonds. The number of nitrogens with one attached hydrogen (secondary N) is 1. The van der Waals surface area contributed by atoms with Gasteiger partial charge in [-0.25, -0.2) is 13.4 Å². The minimum atomic E-state index is -3.77. The van der Waals surface area contributed by atoms with E-state index in [-0.39, 0.29) is 27.8 Å². The highest BCUT2D eigenvalue weighted by Crippen LogP contribution is 2.28. The van der Waals surface area contributed by atoms with Crippen molar-refractivity contribution in [3.63, 3.8) is 0 Å². The summed E-state index contributed by atoms with van der Waals surface area (Å²) < 4.78 is 32.4. The molecule has 2 aromatic rings. The van der Waals surface area contributed by atoms with Crippen LogP contribution in [0.4, 0.5) is 5.13 Å². The first kappa shape index (κ1) is 21.3. The van der Waals surface area contributed by atoms with Gasteiger partial charge in [0.2, 0.25) is 0 Å². The van der Waals surface area contributed by atoms with Crippen LogP contribution in [0, 0.1) is 12.8 Å². The normalized spacial score (nSPS) is 15.2. The summed E-state index contributed by atoms with van der Waals surface area (Å²) in [5, 5.41) is 0.149. The van der Waals surface area contributed by atoms with Gasteiger partial charge in [0.1, 0.15) is 4.88 Å². The topological polar surface area (TPSA) is 106 Å². The van der Waals surface area contributed by atoms with Crippen LogP contribution in [0.5, 0.6) is 0 Å². The number of piperidine rings is 1. The SMILES string of the molecule is CCOC(=O)C1CCN(C(=O)c2sc(NS(=O)(=O)c3ccccc3)nc2C)CC1. The Morgan fingerprint density at radius 3 is 2.52 bits per heavy atom. The Hall–Kier alpha value is -2.46. The molecule has 1 N–H and O–H groups in total. The van der Waals surface area contributed by atoms with Gasteiger partial charge in [-0.05, 0) is 38.8 Å². The van der Waals surface area contributed by atoms with Crippen molar-refractivity contribution in [3.8, 4) is 0 Å². The van der Waals surface area contributed by atoms with Crippen molar-refractivity contribution in [3.05, 3.63) is 40.9 Å². The van der Waals surface area contributed by atoms with E-state index in [4.69, 9.17) is 4.74 Å². The van der Waals surface area contributed by atoms with E-state index in [2.05, 4.69) is 9.71 Å². The second-order valence-corrected chi connectivity index (χ2v) is 9.35. The van der Waals surface area contributed by atoms with E-state index in [1.54, 1.807) is 36.9 Å². The van der Waals surface area contributed by atoms with Crippen LogP contribution >= 0.6 is 11.3 Å². The van der Waals surface area contributed by atoms with E-state index >= 15 is 0 Å². The molecule has 1 aliphatic heterocycles. The van der Waals surface area contributed by atoms with E-state index in [0.29, 0.717) is 43.1 Å². The average molecular weight is 438 g/mol. The fourth-order valence-corrected chi connectivity index (χ4v) is 5.32. The van der Waals surface area contributed by atoms with E-state index in [1.807, 2.05) is 0 Å². The number of ether oxygens (including phenoxy) is 1. The van der Waals surface area contributed by atoms with Crippen LogP contribution in [0.1, 0.15) is 35.1 Å². The van der Waals surface area contributed by atoms with Crippen molar-refractivity contribution in [1.82, 2.24) is 9.88 Å². The van der Waals surface area contributed by atoms with Gasteiger partial charge in [-0.1, -0.05) is 29.5 Å². The number of carbonyl (C=O) groups excluding carboxylic acids is 2. The molecule has 0 aliphatic carbocycles. The second-order valence-electron chi connectivity index (χ2n) is 6.67. The summed E-state index contributed by atoms with van der Waals surface area (Å²) in [6.07, 6.45) is 1.10. The number of likely N-dealkylation sites (tertiary alicyclic amines) is 1. The van der Waals surface area contributed by atoms with Gasteiger partial charge in [-0.3, -0.25) is 14.3 Å². The first-order valence-electron chi connectivity index (χ1n) is 9.33. The number of hydrogen-bond acceptors (Lipinski definition) is 7. The highest BCUT2D eigenvalue weighted by atomic mass is 32.2. The Kier molecular flexibility index (Phi) is 6.53. The molecular formula is C19H23N3O5S2. The molecule has 1 aromatic heterocycles. The zero-order valence-electron chi connectivity index (χ0n) is 16.3. The minimum absolute atomic E-state index is 0.127. The molecule has 29 heavy (non-hydrogen) atoms. The third-order valence-corrected chi connectivity index (χ3v) is 7.21. The van der Waals surface area contributed by atoms with Gasteiger partial charge in [0.25, 0.3) is 15.9 Å². The Morgan fingerprint density at radius 2 is 1.90 bits per heavy atom. The number of anilines is 1. The third-order valence-electron chi connectivity index (χ3n) is 4.67. The fourth-order valence-electron chi connectivity index (χ4n) is 3.13. The van der Waals surface area contributed by atoms with Crippen LogP contribution in [0.2, 0.25) is 0 Å². The number of carbonyl (C=O) groups is 2. The van der Waals surface area contributed by atoms with Crippen LogP contribution in [-0.2, 0) is 19.6 Å². The van der Waals surface area contributed by atoms with Crippen molar-refractivity contribution < 1.29 is 22.7 Å². The van der Waals surface area contributed by atoms with Gasteiger partial charge in [0.15, 0.2) is 5.13 Å². The standard InChI is InChI=1S/C19H23N3O5S2/c1-3-27-18(24)14-9-11-22(12-10-14)17(23)16-13(2)20-19(28-16)21-29(25,26)15-7-5-4-6-8-15/h4-8,14H,3,9-12H2,1-2H3,(H,20,21). The molecule has 10 heteroatoms. The molecule has 1 aromatic carbocycles. The quantitative estimate of drug-likeness (QED) is 0.697. The molecule has 1 fully saturated rings. The zero-order chi connectivity index (χ0) is 21.0. The number of benzene rings is 1. The Bertz CT molecular complexity index is 981. The van der Waals surface area contributed by atoms with Crippen molar-refractivity contribution in [1.29, 1.82) is 0 Å². The van der Waals surface area contributed by atoms with Crippen LogP contribution in [-0.4, -0.2) is 49.9 Å². The summed E-state index contributed by atoms with van der Waals surface area (Å²) in [4.78, 5) is 31.1. The molecule has 3 rings (SSSR count). The summed E-state index contributed by atoms with van der Waals surface area (Å²) in [5.74, 6) is -0.603. The maximum absolute atomic E-state index is 12.9. The largest absolute Gasteiger partial charge is 0.466 e. The number of amides is 1. The van der Waals surface area contributed by atoms with E-state index in [9.17, 15) is 18.0 Å². The highest BCUT2D eigenvalue weighted by molar-refractivity contribution is 7.93. The number of sulfonamides is 1.